The van der Waals surface area contributed by atoms with Gasteiger partial charge >= 0.3 is 0 Å². The highest BCUT2D eigenvalue weighted by Crippen LogP contribution is 2.42. The second kappa shape index (κ2) is 6.14. The van der Waals surface area contributed by atoms with Gasteiger partial charge < -0.3 is 11.1 Å². The Hall–Kier alpha value is -1.87. The standard InChI is InChI=1S/C22H27N3/c23-22-18-10-4-3-9-16(18)20-12-19-14(13-24-15-7-1-2-8-15)6-5-11-17(19)21(20)25-22/h5-6,11,15,24H,1-4,7-10,12-13H2,(H2,23,25). The summed E-state index contributed by atoms with van der Waals surface area (Å²) in [5.41, 5.74) is 16.1. The van der Waals surface area contributed by atoms with Crippen LogP contribution in [0.4, 0.5) is 5.82 Å². The average Bonchev–Trinajstić information content (AvgIpc) is 3.28. The highest BCUT2D eigenvalue weighted by molar-refractivity contribution is 5.78. The van der Waals surface area contributed by atoms with Crippen molar-refractivity contribution in [3.8, 4) is 11.3 Å². The highest BCUT2D eigenvalue weighted by Gasteiger charge is 2.29. The third-order valence-corrected chi connectivity index (χ3v) is 6.48. The van der Waals surface area contributed by atoms with Gasteiger partial charge in [-0.2, -0.15) is 0 Å². The molecular weight excluding hydrogens is 306 g/mol. The molecule has 1 saturated carbocycles. The predicted molar refractivity (Wildman–Crippen MR) is 103 cm³/mol. The second-order valence-electron chi connectivity index (χ2n) is 7.97. The summed E-state index contributed by atoms with van der Waals surface area (Å²) < 4.78 is 0. The van der Waals surface area contributed by atoms with Crippen molar-refractivity contribution in [2.45, 2.75) is 70.4 Å². The number of pyridine rings is 1. The number of nitrogens with zero attached hydrogens (tertiary/aromatic N) is 1. The topological polar surface area (TPSA) is 50.9 Å². The molecule has 1 aromatic heterocycles. The van der Waals surface area contributed by atoms with E-state index in [1.165, 1.54) is 78.3 Å². The first-order valence-corrected chi connectivity index (χ1v) is 9.96. The Bertz CT molecular complexity index is 819. The molecule has 0 amide bonds. The van der Waals surface area contributed by atoms with Gasteiger partial charge in [-0.15, -0.1) is 0 Å². The molecule has 3 heteroatoms. The summed E-state index contributed by atoms with van der Waals surface area (Å²) in [6.45, 7) is 0.986. The molecule has 3 aliphatic rings. The van der Waals surface area contributed by atoms with Crippen molar-refractivity contribution in [3.63, 3.8) is 0 Å². The number of nitrogens with two attached hydrogens (primary N) is 1. The first-order chi connectivity index (χ1) is 12.3. The summed E-state index contributed by atoms with van der Waals surface area (Å²) in [7, 11) is 0. The van der Waals surface area contributed by atoms with Crippen molar-refractivity contribution >= 4 is 5.82 Å². The average molecular weight is 333 g/mol. The molecule has 3 nitrogen and oxygen atoms in total. The molecule has 1 aromatic carbocycles. The van der Waals surface area contributed by atoms with Gasteiger partial charge in [0.2, 0.25) is 0 Å². The number of fused-ring (bicyclic) bond motifs is 5. The molecule has 3 aliphatic carbocycles. The molecule has 0 atom stereocenters. The molecule has 0 unspecified atom stereocenters. The minimum absolute atomic E-state index is 0.709. The summed E-state index contributed by atoms with van der Waals surface area (Å²) in [6, 6.07) is 7.43. The Morgan fingerprint density at radius 3 is 2.60 bits per heavy atom. The van der Waals surface area contributed by atoms with Crippen LogP contribution >= 0.6 is 0 Å². The Balaban J connectivity index is 1.50. The van der Waals surface area contributed by atoms with Gasteiger partial charge in [-0.25, -0.2) is 4.98 Å². The number of nitrogen functional groups attached to an aromatic ring is 1. The van der Waals surface area contributed by atoms with E-state index in [1.54, 1.807) is 0 Å². The summed E-state index contributed by atoms with van der Waals surface area (Å²) in [5, 5.41) is 3.78. The first-order valence-electron chi connectivity index (χ1n) is 9.96. The number of anilines is 1. The summed E-state index contributed by atoms with van der Waals surface area (Å²) in [5.74, 6) is 0.774. The molecule has 0 saturated heterocycles. The lowest BCUT2D eigenvalue weighted by Crippen LogP contribution is -2.25. The van der Waals surface area contributed by atoms with Gasteiger partial charge in [-0.05, 0) is 66.3 Å². The molecule has 0 spiro atoms. The van der Waals surface area contributed by atoms with Crippen molar-refractivity contribution in [1.29, 1.82) is 0 Å². The largest absolute Gasteiger partial charge is 0.383 e. The molecule has 1 fully saturated rings. The molecule has 0 radical (unpaired) electrons. The monoisotopic (exact) mass is 333 g/mol. The van der Waals surface area contributed by atoms with E-state index < -0.39 is 0 Å². The third-order valence-electron chi connectivity index (χ3n) is 6.48. The number of nitrogens with one attached hydrogen (secondary N) is 1. The quantitative estimate of drug-likeness (QED) is 0.757. The van der Waals surface area contributed by atoms with E-state index >= 15 is 0 Å². The smallest absolute Gasteiger partial charge is 0.127 e. The lowest BCUT2D eigenvalue weighted by molar-refractivity contribution is 0.523. The molecule has 2 aromatic rings. The summed E-state index contributed by atoms with van der Waals surface area (Å²) >= 11 is 0. The molecule has 3 N–H and O–H groups in total. The van der Waals surface area contributed by atoms with Gasteiger partial charge in [0.1, 0.15) is 5.82 Å². The van der Waals surface area contributed by atoms with Crippen molar-refractivity contribution in [2.24, 2.45) is 0 Å². The van der Waals surface area contributed by atoms with E-state index in [1.807, 2.05) is 0 Å². The van der Waals surface area contributed by atoms with E-state index in [4.69, 9.17) is 10.7 Å². The molecule has 1 heterocycles. The Labute approximate surface area is 150 Å². The van der Waals surface area contributed by atoms with Crippen molar-refractivity contribution in [2.75, 3.05) is 5.73 Å². The van der Waals surface area contributed by atoms with Crippen LogP contribution in [-0.4, -0.2) is 11.0 Å². The van der Waals surface area contributed by atoms with Crippen molar-refractivity contribution in [3.05, 3.63) is 46.0 Å². The van der Waals surface area contributed by atoms with Crippen LogP contribution in [0.15, 0.2) is 18.2 Å². The number of hydrogen-bond acceptors (Lipinski definition) is 3. The van der Waals surface area contributed by atoms with E-state index in [0.29, 0.717) is 6.04 Å². The van der Waals surface area contributed by atoms with Crippen LogP contribution in [-0.2, 0) is 25.8 Å². The fourth-order valence-corrected chi connectivity index (χ4v) is 5.12. The predicted octanol–water partition coefficient (Wildman–Crippen LogP) is 4.15. The minimum atomic E-state index is 0.709. The molecule has 5 rings (SSSR count). The molecular formula is C22H27N3. The van der Waals surface area contributed by atoms with Crippen molar-refractivity contribution in [1.82, 2.24) is 10.3 Å². The van der Waals surface area contributed by atoms with E-state index in [9.17, 15) is 0 Å². The fourth-order valence-electron chi connectivity index (χ4n) is 5.12. The fraction of sp³-hybridized carbons (Fsp3) is 0.500. The number of benzene rings is 1. The third kappa shape index (κ3) is 2.56. The van der Waals surface area contributed by atoms with Crippen LogP contribution in [0.25, 0.3) is 11.3 Å². The zero-order chi connectivity index (χ0) is 16.8. The lowest BCUT2D eigenvalue weighted by atomic mass is 9.88. The highest BCUT2D eigenvalue weighted by atomic mass is 14.9. The SMILES string of the molecule is Nc1nc2c(c3c1CCCC3)Cc1c(CNC3CCCC3)cccc1-2. The van der Waals surface area contributed by atoms with E-state index in [-0.39, 0.29) is 0 Å². The van der Waals surface area contributed by atoms with Gasteiger partial charge in [0.25, 0.3) is 0 Å². The Kier molecular flexibility index (Phi) is 3.78. The van der Waals surface area contributed by atoms with Crippen LogP contribution in [0.2, 0.25) is 0 Å². The number of hydrogen-bond donors (Lipinski definition) is 2. The van der Waals surface area contributed by atoms with Gasteiger partial charge in [0, 0.05) is 24.6 Å². The maximum atomic E-state index is 6.33. The number of rotatable bonds is 3. The molecule has 0 aliphatic heterocycles. The van der Waals surface area contributed by atoms with Gasteiger partial charge in [-0.1, -0.05) is 31.0 Å². The van der Waals surface area contributed by atoms with Crippen LogP contribution in [0.1, 0.15) is 66.3 Å². The summed E-state index contributed by atoms with van der Waals surface area (Å²) in [4.78, 5) is 4.84. The zero-order valence-electron chi connectivity index (χ0n) is 14.9. The minimum Gasteiger partial charge on any atom is -0.383 e. The maximum Gasteiger partial charge on any atom is 0.127 e. The number of aromatic nitrogens is 1. The van der Waals surface area contributed by atoms with Crippen LogP contribution < -0.4 is 11.1 Å². The molecule has 130 valence electrons. The van der Waals surface area contributed by atoms with Crippen molar-refractivity contribution < 1.29 is 0 Å². The summed E-state index contributed by atoms with van der Waals surface area (Å²) in [6.07, 6.45) is 11.3. The molecule has 25 heavy (non-hydrogen) atoms. The first kappa shape index (κ1) is 15.4. The lowest BCUT2D eigenvalue weighted by Gasteiger charge is -2.20. The Morgan fingerprint density at radius 1 is 0.960 bits per heavy atom. The van der Waals surface area contributed by atoms with E-state index in [0.717, 1.165) is 30.9 Å². The maximum absolute atomic E-state index is 6.33. The second-order valence-corrected chi connectivity index (χ2v) is 7.97. The molecule has 0 bridgehead atoms. The zero-order valence-corrected chi connectivity index (χ0v) is 14.9. The van der Waals surface area contributed by atoms with Crippen LogP contribution in [0, 0.1) is 0 Å². The Morgan fingerprint density at radius 2 is 1.76 bits per heavy atom. The van der Waals surface area contributed by atoms with Gasteiger partial charge in [0.05, 0.1) is 5.69 Å². The van der Waals surface area contributed by atoms with E-state index in [2.05, 4.69) is 23.5 Å². The van der Waals surface area contributed by atoms with Gasteiger partial charge in [0.15, 0.2) is 0 Å². The van der Waals surface area contributed by atoms with Crippen LogP contribution in [0.3, 0.4) is 0 Å². The van der Waals surface area contributed by atoms with Crippen LogP contribution in [0.5, 0.6) is 0 Å². The van der Waals surface area contributed by atoms with Gasteiger partial charge in [-0.3, -0.25) is 0 Å². The normalized spacial score (nSPS) is 18.9.